The summed E-state index contributed by atoms with van der Waals surface area (Å²) in [5.74, 6) is -4.76. The van der Waals surface area contributed by atoms with Gasteiger partial charge in [0.1, 0.15) is 23.0 Å². The summed E-state index contributed by atoms with van der Waals surface area (Å²) in [6.45, 7) is 1.64. The molecular formula is C13H8ClF3N2O. The molecule has 1 amide bonds. The fourth-order valence-electron chi connectivity index (χ4n) is 1.61. The van der Waals surface area contributed by atoms with Crippen molar-refractivity contribution in [1.29, 1.82) is 0 Å². The van der Waals surface area contributed by atoms with Crippen molar-refractivity contribution in [2.75, 3.05) is 5.32 Å². The molecular weight excluding hydrogens is 293 g/mol. The maximum absolute atomic E-state index is 13.5. The van der Waals surface area contributed by atoms with Crippen LogP contribution >= 0.6 is 11.6 Å². The van der Waals surface area contributed by atoms with E-state index in [9.17, 15) is 18.0 Å². The fraction of sp³-hybridized carbons (Fsp3) is 0.0769. The van der Waals surface area contributed by atoms with Crippen LogP contribution in [0.2, 0.25) is 5.15 Å². The standard InChI is InChI=1S/C13H8ClF3N2O/c1-6-2-3-18-12(14)11(6)19-13(20)10-8(16)4-7(15)5-9(10)17/h2-5H,1H3,(H,19,20). The number of aryl methyl sites for hydroxylation is 1. The number of hydrogen-bond donors (Lipinski definition) is 1. The van der Waals surface area contributed by atoms with Gasteiger partial charge in [0.2, 0.25) is 0 Å². The zero-order chi connectivity index (χ0) is 14.9. The van der Waals surface area contributed by atoms with Crippen LogP contribution in [0.5, 0.6) is 0 Å². The molecule has 20 heavy (non-hydrogen) atoms. The van der Waals surface area contributed by atoms with Gasteiger partial charge in [-0.15, -0.1) is 0 Å². The molecule has 0 saturated heterocycles. The van der Waals surface area contributed by atoms with Crippen molar-refractivity contribution in [3.8, 4) is 0 Å². The lowest BCUT2D eigenvalue weighted by Gasteiger charge is -2.10. The third kappa shape index (κ3) is 2.75. The van der Waals surface area contributed by atoms with Crippen LogP contribution in [0.4, 0.5) is 18.9 Å². The molecule has 0 spiro atoms. The number of hydrogen-bond acceptors (Lipinski definition) is 2. The van der Waals surface area contributed by atoms with Gasteiger partial charge in [-0.3, -0.25) is 4.79 Å². The van der Waals surface area contributed by atoms with E-state index in [0.717, 1.165) is 0 Å². The lowest BCUT2D eigenvalue weighted by molar-refractivity contribution is 0.101. The number of rotatable bonds is 2. The number of anilines is 1. The SMILES string of the molecule is Cc1ccnc(Cl)c1NC(=O)c1c(F)cc(F)cc1F. The second-order valence-corrected chi connectivity index (χ2v) is 4.35. The predicted octanol–water partition coefficient (Wildman–Crippen LogP) is 3.71. The summed E-state index contributed by atoms with van der Waals surface area (Å²) in [5.41, 5.74) is -0.172. The van der Waals surface area contributed by atoms with E-state index in [2.05, 4.69) is 10.3 Å². The number of carbonyl (C=O) groups excluding carboxylic acids is 1. The number of halogens is 4. The topological polar surface area (TPSA) is 42.0 Å². The van der Waals surface area contributed by atoms with Gasteiger partial charge in [0.25, 0.3) is 5.91 Å². The smallest absolute Gasteiger partial charge is 0.261 e. The van der Waals surface area contributed by atoms with Crippen LogP contribution in [0.15, 0.2) is 24.4 Å². The highest BCUT2D eigenvalue weighted by molar-refractivity contribution is 6.32. The van der Waals surface area contributed by atoms with E-state index in [1.54, 1.807) is 13.0 Å². The van der Waals surface area contributed by atoms with Gasteiger partial charge in [-0.05, 0) is 18.6 Å². The molecule has 0 aliphatic rings. The average molecular weight is 301 g/mol. The highest BCUT2D eigenvalue weighted by atomic mass is 35.5. The summed E-state index contributed by atoms with van der Waals surface area (Å²) < 4.78 is 39.7. The molecule has 1 aromatic carbocycles. The number of pyridine rings is 1. The van der Waals surface area contributed by atoms with Crippen LogP contribution in [-0.4, -0.2) is 10.9 Å². The maximum atomic E-state index is 13.5. The normalized spacial score (nSPS) is 10.4. The van der Waals surface area contributed by atoms with Gasteiger partial charge < -0.3 is 5.32 Å². The van der Waals surface area contributed by atoms with Crippen molar-refractivity contribution >= 4 is 23.2 Å². The minimum Gasteiger partial charge on any atom is -0.319 e. The van der Waals surface area contributed by atoms with Gasteiger partial charge in [0, 0.05) is 18.3 Å². The van der Waals surface area contributed by atoms with Crippen molar-refractivity contribution < 1.29 is 18.0 Å². The first-order valence-electron chi connectivity index (χ1n) is 5.47. The van der Waals surface area contributed by atoms with Crippen molar-refractivity contribution in [2.45, 2.75) is 6.92 Å². The van der Waals surface area contributed by atoms with Gasteiger partial charge in [0.05, 0.1) is 5.69 Å². The molecule has 0 atom stereocenters. The second kappa shape index (κ2) is 5.50. The van der Waals surface area contributed by atoms with Crippen molar-refractivity contribution in [1.82, 2.24) is 4.98 Å². The molecule has 0 radical (unpaired) electrons. The number of carbonyl (C=O) groups is 1. The first kappa shape index (κ1) is 14.3. The van der Waals surface area contributed by atoms with Crippen LogP contribution in [-0.2, 0) is 0 Å². The Labute approximate surface area is 117 Å². The first-order valence-corrected chi connectivity index (χ1v) is 5.85. The molecule has 0 aliphatic carbocycles. The molecule has 2 rings (SSSR count). The molecule has 2 aromatic rings. The largest absolute Gasteiger partial charge is 0.319 e. The van der Waals surface area contributed by atoms with Crippen LogP contribution in [0.3, 0.4) is 0 Å². The van der Waals surface area contributed by atoms with Gasteiger partial charge in [0.15, 0.2) is 5.15 Å². The van der Waals surface area contributed by atoms with E-state index in [4.69, 9.17) is 11.6 Å². The summed E-state index contributed by atoms with van der Waals surface area (Å²) in [7, 11) is 0. The molecule has 0 unspecified atom stereocenters. The summed E-state index contributed by atoms with van der Waals surface area (Å²) in [4.78, 5) is 15.6. The Bertz CT molecular complexity index is 648. The van der Waals surface area contributed by atoms with Crippen molar-refractivity contribution in [3.63, 3.8) is 0 Å². The highest BCUT2D eigenvalue weighted by Crippen LogP contribution is 2.24. The zero-order valence-corrected chi connectivity index (χ0v) is 10.9. The Morgan fingerprint density at radius 1 is 1.25 bits per heavy atom. The Morgan fingerprint density at radius 2 is 1.85 bits per heavy atom. The van der Waals surface area contributed by atoms with Gasteiger partial charge >= 0.3 is 0 Å². The molecule has 0 bridgehead atoms. The Morgan fingerprint density at radius 3 is 2.40 bits per heavy atom. The Hall–Kier alpha value is -2.08. The van der Waals surface area contributed by atoms with Gasteiger partial charge in [-0.1, -0.05) is 11.6 Å². The van der Waals surface area contributed by atoms with Crippen LogP contribution in [0, 0.1) is 24.4 Å². The number of nitrogens with zero attached hydrogens (tertiary/aromatic N) is 1. The summed E-state index contributed by atoms with van der Waals surface area (Å²) in [5, 5.41) is 2.25. The third-order valence-corrected chi connectivity index (χ3v) is 2.87. The molecule has 104 valence electrons. The summed E-state index contributed by atoms with van der Waals surface area (Å²) in [6, 6.07) is 2.42. The third-order valence-electron chi connectivity index (χ3n) is 2.59. The van der Waals surface area contributed by atoms with Crippen LogP contribution < -0.4 is 5.32 Å². The number of benzene rings is 1. The minimum absolute atomic E-state index is 0.0127. The predicted molar refractivity (Wildman–Crippen MR) is 68.3 cm³/mol. The molecule has 1 aromatic heterocycles. The van der Waals surface area contributed by atoms with Crippen molar-refractivity contribution in [2.24, 2.45) is 0 Å². The summed E-state index contributed by atoms with van der Waals surface area (Å²) >= 11 is 5.79. The lowest BCUT2D eigenvalue weighted by atomic mass is 10.1. The highest BCUT2D eigenvalue weighted by Gasteiger charge is 2.20. The van der Waals surface area contributed by atoms with E-state index in [-0.39, 0.29) is 10.8 Å². The van der Waals surface area contributed by atoms with Gasteiger partial charge in [-0.25, -0.2) is 18.2 Å². The monoisotopic (exact) mass is 300 g/mol. The number of nitrogens with one attached hydrogen (secondary N) is 1. The Kier molecular flexibility index (Phi) is 3.94. The zero-order valence-electron chi connectivity index (χ0n) is 10.2. The molecule has 1 heterocycles. The minimum atomic E-state index is -1.29. The number of amides is 1. The fourth-order valence-corrected chi connectivity index (χ4v) is 1.86. The second-order valence-electron chi connectivity index (χ2n) is 3.99. The Balaban J connectivity index is 2.39. The molecule has 0 fully saturated rings. The molecule has 1 N–H and O–H groups in total. The maximum Gasteiger partial charge on any atom is 0.261 e. The quantitative estimate of drug-likeness (QED) is 0.859. The molecule has 7 heteroatoms. The van der Waals surface area contributed by atoms with Gasteiger partial charge in [-0.2, -0.15) is 0 Å². The van der Waals surface area contributed by atoms with E-state index < -0.39 is 28.9 Å². The van der Waals surface area contributed by atoms with E-state index in [0.29, 0.717) is 17.7 Å². The molecule has 0 aliphatic heterocycles. The first-order chi connectivity index (χ1) is 9.40. The molecule has 3 nitrogen and oxygen atoms in total. The van der Waals surface area contributed by atoms with E-state index in [1.807, 2.05) is 0 Å². The van der Waals surface area contributed by atoms with E-state index in [1.165, 1.54) is 6.20 Å². The van der Waals surface area contributed by atoms with Crippen molar-refractivity contribution in [3.05, 3.63) is 58.1 Å². The number of aromatic nitrogens is 1. The lowest BCUT2D eigenvalue weighted by Crippen LogP contribution is -2.17. The average Bonchev–Trinajstić information content (AvgIpc) is 2.32. The van der Waals surface area contributed by atoms with Crippen LogP contribution in [0.25, 0.3) is 0 Å². The van der Waals surface area contributed by atoms with E-state index >= 15 is 0 Å². The molecule has 0 saturated carbocycles. The summed E-state index contributed by atoms with van der Waals surface area (Å²) in [6.07, 6.45) is 1.42. The van der Waals surface area contributed by atoms with Crippen LogP contribution in [0.1, 0.15) is 15.9 Å².